The van der Waals surface area contributed by atoms with Gasteiger partial charge in [0.15, 0.2) is 12.3 Å². The van der Waals surface area contributed by atoms with Gasteiger partial charge in [-0.25, -0.2) is 18.7 Å². The van der Waals surface area contributed by atoms with Crippen LogP contribution in [0.25, 0.3) is 0 Å². The number of aliphatic hydroxyl groups excluding tert-OH is 6. The topological polar surface area (TPSA) is 324 Å². The van der Waals surface area contributed by atoms with Gasteiger partial charge in [-0.05, 0) is 117 Å². The second kappa shape index (κ2) is 48.3. The number of aliphatic carboxylic acids is 2. The van der Waals surface area contributed by atoms with E-state index in [1.54, 1.807) is 18.7 Å². The van der Waals surface area contributed by atoms with Crippen LogP contribution in [0, 0.1) is 0 Å². The fourth-order valence-corrected chi connectivity index (χ4v) is 10.0. The molecule has 113 heavy (non-hydrogen) atoms. The van der Waals surface area contributed by atoms with Gasteiger partial charge in [0.2, 0.25) is 0 Å². The molecular formula is C90H154CuN12O10. The van der Waals surface area contributed by atoms with Gasteiger partial charge >= 0.3 is 17.1 Å². The van der Waals surface area contributed by atoms with Gasteiger partial charge < -0.3 is 50.4 Å². The molecular weight excluding hydrogens is 1470 g/mol. The number of rotatable bonds is 6. The second-order valence-corrected chi connectivity index (χ2v) is 38.8. The molecule has 0 aliphatic carbocycles. The molecule has 8 heterocycles. The maximum absolute atomic E-state index is 12.5. The molecule has 0 atom stereocenters. The fraction of sp³-hybridized carbons (Fsp3) is 0.622. The molecule has 0 aromatic carbocycles. The fourth-order valence-electron chi connectivity index (χ4n) is 10.0. The van der Waals surface area contributed by atoms with E-state index >= 15 is 0 Å². The van der Waals surface area contributed by atoms with Crippen molar-refractivity contribution >= 4 is 11.9 Å². The molecule has 8 aromatic heterocycles. The Hall–Kier alpha value is -7.34. The zero-order valence-electron chi connectivity index (χ0n) is 77.7. The third kappa shape index (κ3) is 38.8. The Morgan fingerprint density at radius 3 is 0.451 bits per heavy atom. The summed E-state index contributed by atoms with van der Waals surface area (Å²) < 4.78 is 6.41. The molecule has 23 heteroatoms. The van der Waals surface area contributed by atoms with Crippen molar-refractivity contribution in [3.63, 3.8) is 0 Å². The number of carbonyl (C=O) groups is 2. The smallest absolute Gasteiger partial charge is 0.546 e. The molecule has 0 fully saturated rings. The molecule has 22 nitrogen and oxygen atoms in total. The Kier molecular flexibility index (Phi) is 48.8. The minimum Gasteiger partial charge on any atom is -0.546 e. The summed E-state index contributed by atoms with van der Waals surface area (Å²) in [5, 5.41) is 86.2. The Balaban J connectivity index is -0.000000428. The summed E-state index contributed by atoms with van der Waals surface area (Å²) in [5.41, 5.74) is 11.1. The number of pyridine rings is 4. The molecule has 0 saturated heterocycles. The van der Waals surface area contributed by atoms with Crippen LogP contribution in [0.2, 0.25) is 0 Å². The summed E-state index contributed by atoms with van der Waals surface area (Å²) in [6, 6.07) is 24.5. The first-order chi connectivity index (χ1) is 50.9. The van der Waals surface area contributed by atoms with Crippen LogP contribution >= 0.6 is 0 Å². The van der Waals surface area contributed by atoms with Crippen LogP contribution in [0.5, 0.6) is 0 Å². The number of hydrogen-bond acceptors (Lipinski definition) is 18. The van der Waals surface area contributed by atoms with Crippen LogP contribution in [-0.2, 0) is 91.6 Å². The summed E-state index contributed by atoms with van der Waals surface area (Å²) >= 11 is 0. The predicted molar refractivity (Wildman–Crippen MR) is 458 cm³/mol. The maximum atomic E-state index is 12.5. The van der Waals surface area contributed by atoms with Crippen LogP contribution in [0.3, 0.4) is 0 Å². The number of carboxylic acid groups (broad SMARTS) is 2. The standard InChI is InChI=1S/2C24H40N4O2.4C9H13N.6CH4O.Cu/c2*1-21(2,3)15-13-17(23(7,8)9)27(25-15)19(20(29)30)28-18(24(10,11)12)14-16(26-28)22(4,5)6;4*1-9(2,3)8-4-6-10-7-5-8;6*1-2;/h2*13-14,19H,1-12H3,(H,29,30);4*4-7H,1-3H3;6*2H,1H3;/q;;;;;;;;;;;;+2/p-2. The number of carbonyl (C=O) groups excluding carboxylic acids is 2. The Morgan fingerprint density at radius 1 is 0.248 bits per heavy atom. The second-order valence-electron chi connectivity index (χ2n) is 38.8. The molecule has 8 rings (SSSR count). The van der Waals surface area contributed by atoms with Crippen LogP contribution in [0.4, 0.5) is 0 Å². The molecule has 0 amide bonds. The quantitative estimate of drug-likeness (QED) is 0.0842. The van der Waals surface area contributed by atoms with Crippen LogP contribution in [0.15, 0.2) is 122 Å². The Morgan fingerprint density at radius 2 is 0.372 bits per heavy atom. The SMILES string of the molecule is CC(C)(C)c1cc(C(C)(C)C)n(C(C(=O)[O-])n2nc(C(C)(C)C)cc2C(C)(C)C)n1.CC(C)(C)c1cc(C(C)(C)C)n(C(C(=O)[O-])n2nc(C(C)(C)C)cc2C(C)(C)C)n1.CC(C)(C)c1ccncc1.CC(C)(C)c1ccncc1.CC(C)(C)c1ccncc1.CC(C)(C)c1ccncc1.CO.CO.CO.CO.CO.CO.[Cu+2]. The average molecular weight is 1630 g/mol. The van der Waals surface area contributed by atoms with Crippen molar-refractivity contribution in [2.24, 2.45) is 0 Å². The van der Waals surface area contributed by atoms with Gasteiger partial charge in [-0.15, -0.1) is 0 Å². The van der Waals surface area contributed by atoms with Gasteiger partial charge in [0.05, 0.1) is 34.7 Å². The van der Waals surface area contributed by atoms with Crippen LogP contribution in [0.1, 0.15) is 329 Å². The minimum absolute atomic E-state index is 0. The third-order valence-corrected chi connectivity index (χ3v) is 16.6. The van der Waals surface area contributed by atoms with Gasteiger partial charge in [0, 0.05) is 158 Å². The van der Waals surface area contributed by atoms with E-state index in [0.717, 1.165) is 88.2 Å². The first kappa shape index (κ1) is 114. The zero-order valence-corrected chi connectivity index (χ0v) is 78.6. The van der Waals surface area contributed by atoms with Crippen molar-refractivity contribution < 1.29 is 67.5 Å². The molecule has 6 N–H and O–H groups in total. The van der Waals surface area contributed by atoms with Crippen LogP contribution < -0.4 is 10.2 Å². The maximum Gasteiger partial charge on any atom is 2.00 e. The van der Waals surface area contributed by atoms with Crippen molar-refractivity contribution in [3.8, 4) is 0 Å². The van der Waals surface area contributed by atoms with Crippen molar-refractivity contribution in [3.05, 3.63) is 190 Å². The number of aromatic nitrogens is 12. The van der Waals surface area contributed by atoms with Gasteiger partial charge in [0.1, 0.15) is 0 Å². The molecule has 0 aliphatic rings. The largest absolute Gasteiger partial charge is 2.00 e. The summed E-state index contributed by atoms with van der Waals surface area (Å²) in [5.74, 6) is -2.45. The molecule has 8 aromatic rings. The number of carboxylic acids is 2. The third-order valence-electron chi connectivity index (χ3n) is 16.6. The molecule has 0 saturated carbocycles. The molecule has 0 aliphatic heterocycles. The molecule has 645 valence electrons. The van der Waals surface area contributed by atoms with Gasteiger partial charge in [-0.2, -0.15) is 20.4 Å². The Bertz CT molecular complexity index is 3370. The first-order valence-electron chi connectivity index (χ1n) is 38.0. The van der Waals surface area contributed by atoms with Crippen LogP contribution in [-0.4, -0.2) is 144 Å². The zero-order chi connectivity index (χ0) is 89.3. The molecule has 0 unspecified atom stereocenters. The van der Waals surface area contributed by atoms with E-state index in [1.807, 2.05) is 73.8 Å². The Labute approximate surface area is 694 Å². The van der Waals surface area contributed by atoms with Crippen molar-refractivity contribution in [2.75, 3.05) is 42.7 Å². The van der Waals surface area contributed by atoms with E-state index in [1.165, 1.54) is 22.3 Å². The minimum atomic E-state index is -1.22. The van der Waals surface area contributed by atoms with Gasteiger partial charge in [-0.1, -0.05) is 249 Å². The number of hydrogen-bond donors (Lipinski definition) is 6. The van der Waals surface area contributed by atoms with E-state index in [0.29, 0.717) is 0 Å². The number of nitrogens with zero attached hydrogens (tertiary/aromatic N) is 12. The molecule has 0 bridgehead atoms. The first-order valence-corrected chi connectivity index (χ1v) is 38.0. The van der Waals surface area contributed by atoms with Crippen molar-refractivity contribution in [1.82, 2.24) is 59.1 Å². The summed E-state index contributed by atoms with van der Waals surface area (Å²) in [7, 11) is 6.00. The van der Waals surface area contributed by atoms with E-state index in [9.17, 15) is 19.8 Å². The van der Waals surface area contributed by atoms with Gasteiger partial charge in [0.25, 0.3) is 0 Å². The van der Waals surface area contributed by atoms with Crippen molar-refractivity contribution in [2.45, 2.75) is 327 Å². The van der Waals surface area contributed by atoms with E-state index in [4.69, 9.17) is 51.0 Å². The summed E-state index contributed by atoms with van der Waals surface area (Å²) in [6.07, 6.45) is 12.3. The van der Waals surface area contributed by atoms with E-state index in [-0.39, 0.29) is 82.0 Å². The summed E-state index contributed by atoms with van der Waals surface area (Å²) in [6.45, 7) is 76.0. The molecule has 1 radical (unpaired) electrons. The normalized spacial score (nSPS) is 11.8. The average Bonchev–Trinajstić information content (AvgIpc) is 1.61. The van der Waals surface area contributed by atoms with Crippen molar-refractivity contribution in [1.29, 1.82) is 0 Å². The number of aliphatic hydroxyl groups is 6. The van der Waals surface area contributed by atoms with Gasteiger partial charge in [-0.3, -0.25) is 19.9 Å². The molecule has 0 spiro atoms. The monoisotopic (exact) mass is 1630 g/mol. The van der Waals surface area contributed by atoms with E-state index < -0.39 is 24.3 Å². The van der Waals surface area contributed by atoms with E-state index in [2.05, 4.69) is 318 Å². The predicted octanol–water partition coefficient (Wildman–Crippen LogP) is 15.3. The summed E-state index contributed by atoms with van der Waals surface area (Å²) in [4.78, 5) is 40.9.